The Bertz CT molecular complexity index is 2660. The van der Waals surface area contributed by atoms with Gasteiger partial charge in [0.1, 0.15) is 34.8 Å². The molecule has 0 aliphatic carbocycles. The molecule has 0 heterocycles. The van der Waals surface area contributed by atoms with E-state index in [2.05, 4.69) is 16.9 Å². The predicted octanol–water partition coefficient (Wildman–Crippen LogP) is 10.9. The van der Waals surface area contributed by atoms with Crippen molar-refractivity contribution in [2.45, 2.75) is 12.4 Å². The van der Waals surface area contributed by atoms with Crippen LogP contribution in [0.3, 0.4) is 0 Å². The van der Waals surface area contributed by atoms with Gasteiger partial charge in [-0.1, -0.05) is 47.2 Å². The van der Waals surface area contributed by atoms with Crippen molar-refractivity contribution in [3.63, 3.8) is 0 Å². The molecule has 6 aromatic carbocycles. The first-order valence-electron chi connectivity index (χ1n) is 16.8. The standard InChI is InChI=1S/C22H16F4N2O2.C20H12F6N2O2/c1-2-12-5-3-4-6-15(12)20-17(16-8-7-14(29)11-19(16)23)9-13(22(24,25)26)10-18(20)21(27)28-30;21-11-3-9(4-12(22)7-11)18-15(14-2-1-13(29)8-17(14)23)5-10(20(24,25)26)6-16(18)19(27)28-30/h2-11,29-30H,1H2,(H2,27,28);1-8,29-30H,(H2,27,28). The first kappa shape index (κ1) is 43.6. The number of oxime groups is 2. The molecule has 8 N–H and O–H groups in total. The summed E-state index contributed by atoms with van der Waals surface area (Å²) in [4.78, 5) is 0. The zero-order valence-corrected chi connectivity index (χ0v) is 30.2. The molecule has 0 bridgehead atoms. The molecule has 0 spiro atoms. The third-order valence-corrected chi connectivity index (χ3v) is 8.79. The average molecular weight is 843 g/mol. The minimum absolute atomic E-state index is 0.124. The Morgan fingerprint density at radius 1 is 0.533 bits per heavy atom. The lowest BCUT2D eigenvalue weighted by Gasteiger charge is -2.20. The fraction of sp³-hybridized carbons (Fsp3) is 0.0476. The summed E-state index contributed by atoms with van der Waals surface area (Å²) < 4.78 is 138. The van der Waals surface area contributed by atoms with Gasteiger partial charge in [0.25, 0.3) is 0 Å². The van der Waals surface area contributed by atoms with Gasteiger partial charge in [0.05, 0.1) is 11.1 Å². The number of phenols is 2. The van der Waals surface area contributed by atoms with Crippen LogP contribution in [0, 0.1) is 23.3 Å². The van der Waals surface area contributed by atoms with Crippen molar-refractivity contribution in [1.29, 1.82) is 0 Å². The molecule has 6 aromatic rings. The summed E-state index contributed by atoms with van der Waals surface area (Å²) in [6.45, 7) is 3.70. The fourth-order valence-electron chi connectivity index (χ4n) is 6.20. The largest absolute Gasteiger partial charge is 0.508 e. The first-order valence-corrected chi connectivity index (χ1v) is 16.8. The van der Waals surface area contributed by atoms with Gasteiger partial charge in [-0.3, -0.25) is 0 Å². The Balaban J connectivity index is 0.000000228. The smallest absolute Gasteiger partial charge is 0.416 e. The molecule has 0 radical (unpaired) electrons. The van der Waals surface area contributed by atoms with Gasteiger partial charge in [-0.2, -0.15) is 26.3 Å². The van der Waals surface area contributed by atoms with E-state index < -0.39 is 80.9 Å². The Morgan fingerprint density at radius 3 is 1.38 bits per heavy atom. The summed E-state index contributed by atoms with van der Waals surface area (Å²) in [5.74, 6) is -6.36. The Hall–Kier alpha value is -7.50. The van der Waals surface area contributed by atoms with Crippen molar-refractivity contribution in [2.75, 3.05) is 0 Å². The van der Waals surface area contributed by atoms with Crippen molar-refractivity contribution < 1.29 is 64.5 Å². The van der Waals surface area contributed by atoms with E-state index in [0.29, 0.717) is 35.4 Å². The second-order valence-corrected chi connectivity index (χ2v) is 12.6. The van der Waals surface area contributed by atoms with Crippen LogP contribution in [0.1, 0.15) is 27.8 Å². The van der Waals surface area contributed by atoms with E-state index >= 15 is 0 Å². The lowest BCUT2D eigenvalue weighted by molar-refractivity contribution is -0.138. The van der Waals surface area contributed by atoms with E-state index in [1.807, 2.05) is 0 Å². The van der Waals surface area contributed by atoms with Gasteiger partial charge in [-0.05, 0) is 88.5 Å². The number of hydrogen-bond acceptors (Lipinski definition) is 6. The Labute approximate surface area is 332 Å². The highest BCUT2D eigenvalue weighted by Gasteiger charge is 2.35. The van der Waals surface area contributed by atoms with Crippen LogP contribution in [-0.4, -0.2) is 32.3 Å². The number of nitrogens with two attached hydrogens (primary N) is 2. The van der Waals surface area contributed by atoms with Crippen molar-refractivity contribution in [1.82, 2.24) is 0 Å². The monoisotopic (exact) mass is 842 g/mol. The number of hydrogen-bond donors (Lipinski definition) is 6. The van der Waals surface area contributed by atoms with Gasteiger partial charge >= 0.3 is 12.4 Å². The van der Waals surface area contributed by atoms with Crippen LogP contribution in [0.25, 0.3) is 50.6 Å². The molecule has 0 fully saturated rings. The Kier molecular flexibility index (Phi) is 12.5. The number of nitrogens with zero attached hydrogens (tertiary/aromatic N) is 2. The zero-order valence-electron chi connectivity index (χ0n) is 30.2. The van der Waals surface area contributed by atoms with E-state index in [0.717, 1.165) is 54.6 Å². The number of rotatable bonds is 7. The molecule has 0 unspecified atom stereocenters. The number of aromatic hydroxyl groups is 2. The predicted molar refractivity (Wildman–Crippen MR) is 203 cm³/mol. The van der Waals surface area contributed by atoms with E-state index in [-0.39, 0.29) is 39.1 Å². The molecule has 310 valence electrons. The van der Waals surface area contributed by atoms with Crippen molar-refractivity contribution >= 4 is 17.7 Å². The summed E-state index contributed by atoms with van der Waals surface area (Å²) in [6, 6.07) is 17.2. The lowest BCUT2D eigenvalue weighted by Crippen LogP contribution is -2.17. The maximum atomic E-state index is 14.7. The summed E-state index contributed by atoms with van der Waals surface area (Å²) in [5, 5.41) is 42.7. The maximum absolute atomic E-state index is 14.7. The van der Waals surface area contributed by atoms with Crippen molar-refractivity contribution in [2.24, 2.45) is 21.8 Å². The molecule has 0 aliphatic heterocycles. The molecule has 0 saturated carbocycles. The number of alkyl halides is 6. The SMILES string of the molecule is C=Cc1ccccc1-c1c(C(N)=NO)cc(C(F)(F)F)cc1-c1ccc(O)cc1F.NC(=NO)c1cc(C(F)(F)F)cc(-c2ccc(O)cc2F)c1-c1cc(F)cc(F)c1. The quantitative estimate of drug-likeness (QED) is 0.0309. The highest BCUT2D eigenvalue weighted by atomic mass is 19.4. The highest BCUT2D eigenvalue weighted by Crippen LogP contribution is 2.44. The molecular formula is C42H28F10N4O4. The van der Waals surface area contributed by atoms with Gasteiger partial charge in [-0.25, -0.2) is 17.6 Å². The highest BCUT2D eigenvalue weighted by molar-refractivity contribution is 6.08. The molecule has 18 heteroatoms. The normalized spacial score (nSPS) is 12.2. The van der Waals surface area contributed by atoms with E-state index in [1.54, 1.807) is 24.3 Å². The fourth-order valence-corrected chi connectivity index (χ4v) is 6.20. The van der Waals surface area contributed by atoms with E-state index in [4.69, 9.17) is 16.7 Å². The molecule has 0 amide bonds. The molecule has 0 saturated heterocycles. The minimum Gasteiger partial charge on any atom is -0.508 e. The van der Waals surface area contributed by atoms with Crippen LogP contribution >= 0.6 is 0 Å². The zero-order chi connectivity index (χ0) is 44.3. The second-order valence-electron chi connectivity index (χ2n) is 12.6. The molecule has 0 atom stereocenters. The molecule has 0 aliphatic rings. The molecule has 6 rings (SSSR count). The number of benzene rings is 6. The average Bonchev–Trinajstić information content (AvgIpc) is 3.18. The third kappa shape index (κ3) is 9.28. The van der Waals surface area contributed by atoms with E-state index in [9.17, 15) is 59.3 Å². The number of halogens is 10. The summed E-state index contributed by atoms with van der Waals surface area (Å²) in [7, 11) is 0. The molecule has 60 heavy (non-hydrogen) atoms. The van der Waals surface area contributed by atoms with Crippen LogP contribution in [-0.2, 0) is 12.4 Å². The summed E-state index contributed by atoms with van der Waals surface area (Å²) >= 11 is 0. The Morgan fingerprint density at radius 2 is 0.967 bits per heavy atom. The second kappa shape index (κ2) is 17.2. The molecule has 8 nitrogen and oxygen atoms in total. The van der Waals surface area contributed by atoms with Crippen molar-refractivity contribution in [3.05, 3.63) is 161 Å². The summed E-state index contributed by atoms with van der Waals surface area (Å²) in [5.41, 5.74) is 7.44. The summed E-state index contributed by atoms with van der Waals surface area (Å²) in [6.07, 6.45) is -8.19. The maximum Gasteiger partial charge on any atom is 0.416 e. The van der Waals surface area contributed by atoms with Crippen LogP contribution in [0.2, 0.25) is 0 Å². The van der Waals surface area contributed by atoms with Gasteiger partial charge in [0, 0.05) is 51.6 Å². The minimum atomic E-state index is -4.90. The van der Waals surface area contributed by atoms with Crippen LogP contribution in [0.5, 0.6) is 11.5 Å². The topological polar surface area (TPSA) is 158 Å². The van der Waals surface area contributed by atoms with Gasteiger partial charge in [0.2, 0.25) is 0 Å². The number of amidine groups is 2. The molecular weight excluding hydrogens is 814 g/mol. The van der Waals surface area contributed by atoms with Crippen LogP contribution in [0.15, 0.2) is 120 Å². The van der Waals surface area contributed by atoms with Crippen molar-refractivity contribution in [3.8, 4) is 56.0 Å². The van der Waals surface area contributed by atoms with Gasteiger partial charge in [-0.15, -0.1) is 0 Å². The number of phenolic OH excluding ortho intramolecular Hbond substituents is 2. The van der Waals surface area contributed by atoms with E-state index in [1.165, 1.54) is 6.08 Å². The third-order valence-electron chi connectivity index (χ3n) is 8.79. The van der Waals surface area contributed by atoms with Gasteiger partial charge < -0.3 is 32.1 Å². The first-order chi connectivity index (χ1) is 28.2. The lowest BCUT2D eigenvalue weighted by atomic mass is 9.86. The van der Waals surface area contributed by atoms with Gasteiger partial charge in [0.15, 0.2) is 11.7 Å². The van der Waals surface area contributed by atoms with Crippen LogP contribution < -0.4 is 11.5 Å². The molecule has 0 aromatic heterocycles. The van der Waals surface area contributed by atoms with Crippen LogP contribution in [0.4, 0.5) is 43.9 Å².